The van der Waals surface area contributed by atoms with Gasteiger partial charge in [0.2, 0.25) is 5.91 Å². The van der Waals surface area contributed by atoms with E-state index in [1.165, 1.54) is 11.8 Å². The van der Waals surface area contributed by atoms with Crippen molar-refractivity contribution >= 4 is 39.5 Å². The molecular formula is C13H16N2OS2. The van der Waals surface area contributed by atoms with E-state index in [1.807, 2.05) is 26.0 Å². The molecular weight excluding hydrogens is 264 g/mol. The zero-order chi connectivity index (χ0) is 13.0. The maximum absolute atomic E-state index is 11.8. The number of thioether (sulfide) groups is 2. The first-order chi connectivity index (χ1) is 8.63. The Morgan fingerprint density at radius 3 is 2.72 bits per heavy atom. The number of aryl methyl sites for hydroxylation is 2. The van der Waals surface area contributed by atoms with Crippen LogP contribution in [0.3, 0.4) is 0 Å². The van der Waals surface area contributed by atoms with E-state index < -0.39 is 0 Å². The Hall–Kier alpha value is -0.940. The van der Waals surface area contributed by atoms with E-state index in [0.29, 0.717) is 5.75 Å². The molecule has 0 atom stereocenters. The van der Waals surface area contributed by atoms with E-state index in [2.05, 4.69) is 16.4 Å². The molecule has 18 heavy (non-hydrogen) atoms. The number of carbonyl (C=O) groups is 1. The van der Waals surface area contributed by atoms with Gasteiger partial charge in [-0.1, -0.05) is 29.6 Å². The summed E-state index contributed by atoms with van der Waals surface area (Å²) < 4.78 is 1.03. The summed E-state index contributed by atoms with van der Waals surface area (Å²) in [5, 5.41) is 2.92. The first-order valence-electron chi connectivity index (χ1n) is 5.82. The third kappa shape index (κ3) is 4.07. The molecule has 1 heterocycles. The van der Waals surface area contributed by atoms with Crippen molar-refractivity contribution in [3.05, 3.63) is 29.3 Å². The number of aliphatic imine (C=N–C) groups is 1. The van der Waals surface area contributed by atoms with E-state index in [0.717, 1.165) is 33.5 Å². The van der Waals surface area contributed by atoms with Gasteiger partial charge in [0.1, 0.15) is 4.38 Å². The fourth-order valence-corrected chi connectivity index (χ4v) is 3.58. The zero-order valence-corrected chi connectivity index (χ0v) is 12.2. The third-order valence-electron chi connectivity index (χ3n) is 2.39. The van der Waals surface area contributed by atoms with Crippen molar-refractivity contribution < 1.29 is 4.79 Å². The Labute approximate surface area is 116 Å². The van der Waals surface area contributed by atoms with Gasteiger partial charge in [0, 0.05) is 11.4 Å². The highest BCUT2D eigenvalue weighted by atomic mass is 32.2. The van der Waals surface area contributed by atoms with Crippen LogP contribution in [0.4, 0.5) is 5.69 Å². The smallest absolute Gasteiger partial charge is 0.234 e. The van der Waals surface area contributed by atoms with E-state index >= 15 is 0 Å². The van der Waals surface area contributed by atoms with Crippen LogP contribution < -0.4 is 5.32 Å². The molecule has 2 rings (SSSR count). The number of carbonyl (C=O) groups excluding carboxylic acids is 1. The molecule has 0 saturated heterocycles. The molecule has 0 aromatic heterocycles. The summed E-state index contributed by atoms with van der Waals surface area (Å²) in [5.41, 5.74) is 3.20. The lowest BCUT2D eigenvalue weighted by Gasteiger charge is -2.07. The van der Waals surface area contributed by atoms with Gasteiger partial charge in [-0.05, 0) is 37.1 Å². The molecule has 0 spiro atoms. The Balaban J connectivity index is 1.86. The molecule has 0 radical (unpaired) electrons. The lowest BCUT2D eigenvalue weighted by atomic mass is 10.1. The van der Waals surface area contributed by atoms with Crippen LogP contribution in [0.15, 0.2) is 23.2 Å². The van der Waals surface area contributed by atoms with Crippen molar-refractivity contribution in [1.29, 1.82) is 0 Å². The summed E-state index contributed by atoms with van der Waals surface area (Å²) in [5.74, 6) is 1.50. The van der Waals surface area contributed by atoms with E-state index in [1.54, 1.807) is 11.8 Å². The Morgan fingerprint density at radius 2 is 2.11 bits per heavy atom. The molecule has 1 N–H and O–H groups in total. The molecule has 1 aliphatic rings. The van der Waals surface area contributed by atoms with Gasteiger partial charge >= 0.3 is 0 Å². The second-order valence-corrected chi connectivity index (χ2v) is 6.52. The monoisotopic (exact) mass is 280 g/mol. The van der Waals surface area contributed by atoms with Crippen molar-refractivity contribution in [2.45, 2.75) is 13.8 Å². The predicted octanol–water partition coefficient (Wildman–Crippen LogP) is 3.08. The summed E-state index contributed by atoms with van der Waals surface area (Å²) in [6.45, 7) is 4.94. The van der Waals surface area contributed by atoms with Gasteiger partial charge in [-0.2, -0.15) is 0 Å². The molecule has 1 amide bonds. The summed E-state index contributed by atoms with van der Waals surface area (Å²) in [6, 6.07) is 6.06. The molecule has 3 nitrogen and oxygen atoms in total. The van der Waals surface area contributed by atoms with Crippen LogP contribution >= 0.6 is 23.5 Å². The molecule has 0 aliphatic carbocycles. The topological polar surface area (TPSA) is 41.5 Å². The van der Waals surface area contributed by atoms with Crippen LogP contribution in [0, 0.1) is 13.8 Å². The number of amides is 1. The predicted molar refractivity (Wildman–Crippen MR) is 81.8 cm³/mol. The molecule has 1 aliphatic heterocycles. The van der Waals surface area contributed by atoms with Crippen LogP contribution in [0.5, 0.6) is 0 Å². The van der Waals surface area contributed by atoms with Crippen LogP contribution in [-0.2, 0) is 4.79 Å². The molecule has 96 valence electrons. The van der Waals surface area contributed by atoms with Crippen LogP contribution in [0.25, 0.3) is 0 Å². The number of hydrogen-bond donors (Lipinski definition) is 1. The molecule has 1 aromatic rings. The van der Waals surface area contributed by atoms with Crippen molar-refractivity contribution in [2.24, 2.45) is 4.99 Å². The largest absolute Gasteiger partial charge is 0.325 e. The number of nitrogens with one attached hydrogen (secondary N) is 1. The number of rotatable bonds is 3. The lowest BCUT2D eigenvalue weighted by molar-refractivity contribution is -0.113. The quantitative estimate of drug-likeness (QED) is 0.925. The average Bonchev–Trinajstić information content (AvgIpc) is 2.77. The van der Waals surface area contributed by atoms with Gasteiger partial charge < -0.3 is 5.32 Å². The van der Waals surface area contributed by atoms with Gasteiger partial charge in [0.15, 0.2) is 0 Å². The number of benzene rings is 1. The lowest BCUT2D eigenvalue weighted by Crippen LogP contribution is -2.14. The van der Waals surface area contributed by atoms with E-state index in [4.69, 9.17) is 0 Å². The summed E-state index contributed by atoms with van der Waals surface area (Å²) in [6.07, 6.45) is 0. The van der Waals surface area contributed by atoms with Gasteiger partial charge in [-0.25, -0.2) is 0 Å². The van der Waals surface area contributed by atoms with Gasteiger partial charge in [0.05, 0.1) is 12.3 Å². The summed E-state index contributed by atoms with van der Waals surface area (Å²) in [4.78, 5) is 16.1. The Kier molecular flexibility index (Phi) is 4.72. The highest BCUT2D eigenvalue weighted by Gasteiger charge is 2.10. The van der Waals surface area contributed by atoms with Crippen molar-refractivity contribution in [3.63, 3.8) is 0 Å². The molecule has 0 fully saturated rings. The SMILES string of the molecule is Cc1cc(C)cc(NC(=O)CSC2=NCCS2)c1. The minimum absolute atomic E-state index is 0.0280. The first-order valence-corrected chi connectivity index (χ1v) is 7.79. The maximum Gasteiger partial charge on any atom is 0.234 e. The van der Waals surface area contributed by atoms with Gasteiger partial charge in [0.25, 0.3) is 0 Å². The average molecular weight is 280 g/mol. The number of hydrogen-bond acceptors (Lipinski definition) is 4. The summed E-state index contributed by atoms with van der Waals surface area (Å²) >= 11 is 3.25. The summed E-state index contributed by atoms with van der Waals surface area (Å²) in [7, 11) is 0. The van der Waals surface area contributed by atoms with Crippen molar-refractivity contribution in [1.82, 2.24) is 0 Å². The minimum atomic E-state index is 0.0280. The second-order valence-electron chi connectivity index (χ2n) is 4.21. The van der Waals surface area contributed by atoms with Gasteiger partial charge in [-0.15, -0.1) is 0 Å². The van der Waals surface area contributed by atoms with E-state index in [9.17, 15) is 4.79 Å². The first kappa shape index (κ1) is 13.5. The van der Waals surface area contributed by atoms with Crippen LogP contribution in [-0.4, -0.2) is 28.3 Å². The molecule has 5 heteroatoms. The fraction of sp³-hybridized carbons (Fsp3) is 0.385. The highest BCUT2D eigenvalue weighted by molar-refractivity contribution is 8.39. The molecule has 0 unspecified atom stereocenters. The Morgan fingerprint density at radius 1 is 1.39 bits per heavy atom. The van der Waals surface area contributed by atoms with Crippen molar-refractivity contribution in [3.8, 4) is 0 Å². The molecule has 1 aromatic carbocycles. The third-order valence-corrected chi connectivity index (χ3v) is 4.64. The Bertz CT molecular complexity index is 466. The fourth-order valence-electron chi connectivity index (χ4n) is 1.77. The van der Waals surface area contributed by atoms with Gasteiger partial charge in [-0.3, -0.25) is 9.79 Å². The minimum Gasteiger partial charge on any atom is -0.325 e. The maximum atomic E-state index is 11.8. The van der Waals surface area contributed by atoms with Crippen LogP contribution in [0.1, 0.15) is 11.1 Å². The zero-order valence-electron chi connectivity index (χ0n) is 10.5. The standard InChI is InChI=1S/C13H16N2OS2/c1-9-5-10(2)7-11(6-9)15-12(16)8-18-13-14-3-4-17-13/h5-7H,3-4,8H2,1-2H3,(H,15,16). The van der Waals surface area contributed by atoms with Crippen LogP contribution in [0.2, 0.25) is 0 Å². The van der Waals surface area contributed by atoms with E-state index in [-0.39, 0.29) is 5.91 Å². The molecule has 0 saturated carbocycles. The molecule has 0 bridgehead atoms. The van der Waals surface area contributed by atoms with Crippen molar-refractivity contribution in [2.75, 3.05) is 23.4 Å². The normalized spacial score (nSPS) is 14.4. The number of nitrogens with zero attached hydrogens (tertiary/aromatic N) is 1. The second kappa shape index (κ2) is 6.29. The highest BCUT2D eigenvalue weighted by Crippen LogP contribution is 2.22. The number of anilines is 1.